The summed E-state index contributed by atoms with van der Waals surface area (Å²) in [5.74, 6) is -0.0996. The van der Waals surface area contributed by atoms with Crippen LogP contribution in [0, 0.1) is 10.8 Å². The maximum absolute atomic E-state index is 12.1. The van der Waals surface area contributed by atoms with Gasteiger partial charge in [-0.05, 0) is 39.0 Å². The Kier molecular flexibility index (Phi) is 23.8. The Hall–Kier alpha value is -0.570. The molecule has 0 amide bonds. The molecule has 1 rings (SSSR count). The number of hydrogen-bond acceptors (Lipinski definition) is 3. The summed E-state index contributed by atoms with van der Waals surface area (Å²) in [4.78, 5) is 12.1. The molecule has 0 N–H and O–H groups in total. The second-order valence-electron chi connectivity index (χ2n) is 6.88. The van der Waals surface area contributed by atoms with E-state index in [-0.39, 0.29) is 62.7 Å². The van der Waals surface area contributed by atoms with Crippen molar-refractivity contribution in [3.63, 3.8) is 0 Å². The summed E-state index contributed by atoms with van der Waals surface area (Å²) in [5.41, 5.74) is -0.113. The van der Waals surface area contributed by atoms with E-state index < -0.39 is 5.41 Å². The Morgan fingerprint density at radius 2 is 1.46 bits per heavy atom. The second-order valence-corrected chi connectivity index (χ2v) is 6.88. The van der Waals surface area contributed by atoms with Crippen LogP contribution in [0.15, 0.2) is 0 Å². The van der Waals surface area contributed by atoms with E-state index in [1.807, 2.05) is 20.8 Å². The molecule has 0 bridgehead atoms. The molecule has 1 aliphatic rings. The van der Waals surface area contributed by atoms with Crippen LogP contribution in [0.1, 0.15) is 105 Å². The van der Waals surface area contributed by atoms with Gasteiger partial charge in [-0.2, -0.15) is 0 Å². The van der Waals surface area contributed by atoms with Crippen molar-refractivity contribution in [2.45, 2.75) is 118 Å². The van der Waals surface area contributed by atoms with Gasteiger partial charge in [-0.15, -0.1) is 0 Å². The van der Waals surface area contributed by atoms with Gasteiger partial charge < -0.3 is 9.47 Å². The fraction of sp³-hybridized carbons (Fsp3) is 0.952. The van der Waals surface area contributed by atoms with E-state index in [9.17, 15) is 4.79 Å². The predicted octanol–water partition coefficient (Wildman–Crippen LogP) is 7.38. The molecule has 0 aromatic carbocycles. The smallest absolute Gasteiger partial charge is 0.311 e. The number of carbonyl (C=O) groups excluding carboxylic acids is 1. The maximum atomic E-state index is 12.1. The molecular weight excluding hydrogens is 300 g/mol. The number of esters is 1. The van der Waals surface area contributed by atoms with Gasteiger partial charge in [0.2, 0.25) is 0 Å². The zero-order valence-electron chi connectivity index (χ0n) is 12.7. The van der Waals surface area contributed by atoms with Crippen LogP contribution in [0.25, 0.3) is 0 Å². The largest absolute Gasteiger partial charge is 0.459 e. The molecular formula is C21H52O3. The zero-order chi connectivity index (χ0) is 14.0. The average Bonchev–Trinajstić information content (AvgIpc) is 3.10. The van der Waals surface area contributed by atoms with Gasteiger partial charge in [0, 0.05) is 0 Å². The number of epoxide rings is 1. The SMILES string of the molecule is C.C.C.C.C.C.CCC(C)(C)CCC(C)(C)C(=O)OC(C)C1CO1. The molecule has 1 heterocycles. The molecule has 2 unspecified atom stereocenters. The van der Waals surface area contributed by atoms with Gasteiger partial charge in [-0.1, -0.05) is 71.8 Å². The van der Waals surface area contributed by atoms with Crippen LogP contribution in [-0.4, -0.2) is 24.8 Å². The zero-order valence-corrected chi connectivity index (χ0v) is 12.7. The fourth-order valence-corrected chi connectivity index (χ4v) is 1.66. The lowest BCUT2D eigenvalue weighted by atomic mass is 9.78. The molecule has 0 aliphatic carbocycles. The summed E-state index contributed by atoms with van der Waals surface area (Å²) >= 11 is 0. The van der Waals surface area contributed by atoms with Crippen molar-refractivity contribution in [1.29, 1.82) is 0 Å². The first-order chi connectivity index (χ1) is 8.18. The van der Waals surface area contributed by atoms with Crippen LogP contribution in [0.5, 0.6) is 0 Å². The minimum atomic E-state index is -0.407. The molecule has 3 heteroatoms. The average molecular weight is 353 g/mol. The number of ether oxygens (including phenoxy) is 2. The molecule has 2 atom stereocenters. The van der Waals surface area contributed by atoms with Crippen LogP contribution in [-0.2, 0) is 14.3 Å². The van der Waals surface area contributed by atoms with Crippen molar-refractivity contribution in [1.82, 2.24) is 0 Å². The molecule has 1 saturated heterocycles. The molecule has 0 aromatic rings. The van der Waals surface area contributed by atoms with Gasteiger partial charge >= 0.3 is 5.97 Å². The van der Waals surface area contributed by atoms with E-state index in [1.165, 1.54) is 0 Å². The predicted molar refractivity (Wildman–Crippen MR) is 113 cm³/mol. The van der Waals surface area contributed by atoms with Crippen molar-refractivity contribution in [3.8, 4) is 0 Å². The molecule has 0 radical (unpaired) electrons. The summed E-state index contributed by atoms with van der Waals surface area (Å²) in [6.45, 7) is 13.3. The van der Waals surface area contributed by atoms with Crippen molar-refractivity contribution < 1.29 is 14.3 Å². The molecule has 24 heavy (non-hydrogen) atoms. The Morgan fingerprint density at radius 1 is 1.04 bits per heavy atom. The van der Waals surface area contributed by atoms with E-state index in [0.29, 0.717) is 5.41 Å². The lowest BCUT2D eigenvalue weighted by Gasteiger charge is -2.29. The highest BCUT2D eigenvalue weighted by atomic mass is 16.6. The third-order valence-corrected chi connectivity index (χ3v) is 4.11. The summed E-state index contributed by atoms with van der Waals surface area (Å²) in [6, 6.07) is 0. The highest BCUT2D eigenvalue weighted by Crippen LogP contribution is 2.34. The van der Waals surface area contributed by atoms with Gasteiger partial charge in [0.25, 0.3) is 0 Å². The minimum Gasteiger partial charge on any atom is -0.459 e. The Balaban J connectivity index is -0.000000135. The highest BCUT2D eigenvalue weighted by molar-refractivity contribution is 5.76. The molecule has 0 saturated carbocycles. The van der Waals surface area contributed by atoms with E-state index in [2.05, 4.69) is 20.8 Å². The highest BCUT2D eigenvalue weighted by Gasteiger charge is 2.37. The quantitative estimate of drug-likeness (QED) is 0.354. The van der Waals surface area contributed by atoms with Crippen LogP contribution in [0.4, 0.5) is 0 Å². The van der Waals surface area contributed by atoms with E-state index in [0.717, 1.165) is 25.9 Å². The molecule has 0 aromatic heterocycles. The number of rotatable bonds is 7. The topological polar surface area (TPSA) is 38.8 Å². The van der Waals surface area contributed by atoms with Crippen LogP contribution < -0.4 is 0 Å². The maximum Gasteiger partial charge on any atom is 0.311 e. The van der Waals surface area contributed by atoms with E-state index in [4.69, 9.17) is 9.47 Å². The minimum absolute atomic E-state index is 0. The van der Waals surface area contributed by atoms with Crippen molar-refractivity contribution >= 4 is 5.97 Å². The fourth-order valence-electron chi connectivity index (χ4n) is 1.66. The van der Waals surface area contributed by atoms with Crippen molar-refractivity contribution in [2.75, 3.05) is 6.61 Å². The Morgan fingerprint density at radius 3 is 1.79 bits per heavy atom. The van der Waals surface area contributed by atoms with Gasteiger partial charge in [-0.25, -0.2) is 0 Å². The molecule has 0 spiro atoms. The normalized spacial score (nSPS) is 16.2. The molecule has 3 nitrogen and oxygen atoms in total. The van der Waals surface area contributed by atoms with Gasteiger partial charge in [0.05, 0.1) is 12.0 Å². The van der Waals surface area contributed by atoms with Crippen LogP contribution in [0.2, 0.25) is 0 Å². The molecule has 1 aliphatic heterocycles. The molecule has 154 valence electrons. The summed E-state index contributed by atoms with van der Waals surface area (Å²) in [6.07, 6.45) is 3.04. The van der Waals surface area contributed by atoms with E-state index >= 15 is 0 Å². The second kappa shape index (κ2) is 14.7. The van der Waals surface area contributed by atoms with Gasteiger partial charge in [0.15, 0.2) is 0 Å². The lowest BCUT2D eigenvalue weighted by Crippen LogP contribution is -2.32. The van der Waals surface area contributed by atoms with Crippen LogP contribution >= 0.6 is 0 Å². The number of hydrogen-bond donors (Lipinski definition) is 0. The Bertz CT molecular complexity index is 291. The summed E-state index contributed by atoms with van der Waals surface area (Å²) in [5, 5.41) is 0. The Labute approximate surface area is 155 Å². The first-order valence-electron chi connectivity index (χ1n) is 7.01. The van der Waals surface area contributed by atoms with E-state index in [1.54, 1.807) is 0 Å². The lowest BCUT2D eigenvalue weighted by molar-refractivity contribution is -0.160. The van der Waals surface area contributed by atoms with Gasteiger partial charge in [-0.3, -0.25) is 4.79 Å². The van der Waals surface area contributed by atoms with Crippen molar-refractivity contribution in [3.05, 3.63) is 0 Å². The first kappa shape index (κ1) is 38.8. The monoisotopic (exact) mass is 352 g/mol. The third kappa shape index (κ3) is 12.8. The van der Waals surface area contributed by atoms with Gasteiger partial charge in [0.1, 0.15) is 12.2 Å². The van der Waals surface area contributed by atoms with Crippen molar-refractivity contribution in [2.24, 2.45) is 10.8 Å². The number of carbonyl (C=O) groups is 1. The molecule has 1 fully saturated rings. The third-order valence-electron chi connectivity index (χ3n) is 4.11. The standard InChI is InChI=1S/C15H28O3.6CH4/c1-7-14(3,4)8-9-15(5,6)13(16)18-11(2)12-10-17-12;;;;;;/h11-12H,7-10H2,1-6H3;6*1H4. The summed E-state index contributed by atoms with van der Waals surface area (Å²) < 4.78 is 10.6. The van der Waals surface area contributed by atoms with Crippen LogP contribution in [0.3, 0.4) is 0 Å². The summed E-state index contributed by atoms with van der Waals surface area (Å²) in [7, 11) is 0. The first-order valence-corrected chi connectivity index (χ1v) is 7.01.